The van der Waals surface area contributed by atoms with Gasteiger partial charge in [-0.2, -0.15) is 0 Å². The number of thioether (sulfide) groups is 1. The van der Waals surface area contributed by atoms with E-state index in [2.05, 4.69) is 22.9 Å². The second kappa shape index (κ2) is 9.11. The molecule has 0 N–H and O–H groups in total. The molecule has 2 aromatic rings. The maximum atomic E-state index is 12.6. The Morgan fingerprint density at radius 2 is 1.89 bits per heavy atom. The molecule has 0 atom stereocenters. The predicted molar refractivity (Wildman–Crippen MR) is 112 cm³/mol. The number of carbonyl (C=O) groups excluding carboxylic acids is 1. The van der Waals surface area contributed by atoms with E-state index < -0.39 is 9.84 Å². The Morgan fingerprint density at radius 1 is 1.18 bits per heavy atom. The number of para-hydroxylation sites is 1. The van der Waals surface area contributed by atoms with Crippen molar-refractivity contribution in [1.82, 2.24) is 19.4 Å². The van der Waals surface area contributed by atoms with Crippen molar-refractivity contribution in [1.29, 1.82) is 0 Å². The second-order valence-electron chi connectivity index (χ2n) is 7.01. The predicted octanol–water partition coefficient (Wildman–Crippen LogP) is 1.46. The molecule has 2 heterocycles. The molecule has 1 aromatic carbocycles. The van der Waals surface area contributed by atoms with Crippen molar-refractivity contribution in [3.8, 4) is 5.69 Å². The number of hydrogen-bond donors (Lipinski definition) is 0. The van der Waals surface area contributed by atoms with Crippen LogP contribution < -0.4 is 0 Å². The fraction of sp³-hybridized carbons (Fsp3) is 0.474. The van der Waals surface area contributed by atoms with Crippen molar-refractivity contribution in [2.45, 2.75) is 12.1 Å². The van der Waals surface area contributed by atoms with Gasteiger partial charge in [0.25, 0.3) is 0 Å². The summed E-state index contributed by atoms with van der Waals surface area (Å²) in [4.78, 5) is 20.9. The SMILES string of the molecule is Cc1ccccc1-n1ccnc1SCC(=O)N1CCN(CCS(C)(=O)=O)CC1. The fourth-order valence-electron chi connectivity index (χ4n) is 3.15. The van der Waals surface area contributed by atoms with E-state index in [-0.39, 0.29) is 11.7 Å². The van der Waals surface area contributed by atoms with Crippen LogP contribution in [0.1, 0.15) is 5.56 Å². The Kier molecular flexibility index (Phi) is 6.79. The Hall–Kier alpha value is -1.84. The van der Waals surface area contributed by atoms with Gasteiger partial charge in [-0.3, -0.25) is 14.3 Å². The third-order valence-corrected chi connectivity index (χ3v) is 6.69. The third-order valence-electron chi connectivity index (χ3n) is 4.81. The van der Waals surface area contributed by atoms with E-state index in [4.69, 9.17) is 0 Å². The lowest BCUT2D eigenvalue weighted by Gasteiger charge is -2.34. The maximum absolute atomic E-state index is 12.6. The molecule has 9 heteroatoms. The molecule has 1 aromatic heterocycles. The number of benzene rings is 1. The summed E-state index contributed by atoms with van der Waals surface area (Å²) in [5.74, 6) is 0.594. The van der Waals surface area contributed by atoms with Crippen LogP contribution in [0.25, 0.3) is 5.69 Å². The van der Waals surface area contributed by atoms with Gasteiger partial charge >= 0.3 is 0 Å². The number of aromatic nitrogens is 2. The Bertz CT molecular complexity index is 919. The highest BCUT2D eigenvalue weighted by atomic mass is 32.2. The number of amides is 1. The monoisotopic (exact) mass is 422 g/mol. The van der Waals surface area contributed by atoms with Gasteiger partial charge in [0.05, 0.1) is 17.2 Å². The lowest BCUT2D eigenvalue weighted by Crippen LogP contribution is -2.50. The van der Waals surface area contributed by atoms with Gasteiger partial charge in [0.15, 0.2) is 5.16 Å². The van der Waals surface area contributed by atoms with Crippen molar-refractivity contribution in [3.63, 3.8) is 0 Å². The summed E-state index contributed by atoms with van der Waals surface area (Å²) in [5.41, 5.74) is 2.22. The van der Waals surface area contributed by atoms with Crippen molar-refractivity contribution >= 4 is 27.5 Å². The molecule has 28 heavy (non-hydrogen) atoms. The normalized spacial score (nSPS) is 15.7. The molecule has 1 aliphatic rings. The van der Waals surface area contributed by atoms with Gasteiger partial charge in [-0.15, -0.1) is 0 Å². The lowest BCUT2D eigenvalue weighted by molar-refractivity contribution is -0.130. The average molecular weight is 423 g/mol. The first-order valence-corrected chi connectivity index (χ1v) is 12.3. The first-order valence-electron chi connectivity index (χ1n) is 9.23. The van der Waals surface area contributed by atoms with E-state index in [1.165, 1.54) is 18.0 Å². The molecular weight excluding hydrogens is 396 g/mol. The van der Waals surface area contributed by atoms with Gasteiger partial charge in [-0.25, -0.2) is 13.4 Å². The van der Waals surface area contributed by atoms with Gasteiger partial charge in [-0.05, 0) is 18.6 Å². The largest absolute Gasteiger partial charge is 0.339 e. The highest BCUT2D eigenvalue weighted by Gasteiger charge is 2.22. The summed E-state index contributed by atoms with van der Waals surface area (Å²) >= 11 is 1.44. The first-order chi connectivity index (χ1) is 13.3. The quantitative estimate of drug-likeness (QED) is 0.629. The maximum Gasteiger partial charge on any atom is 0.233 e. The zero-order chi connectivity index (χ0) is 20.1. The summed E-state index contributed by atoms with van der Waals surface area (Å²) in [6, 6.07) is 8.09. The Labute approximate surface area is 170 Å². The Morgan fingerprint density at radius 3 is 2.57 bits per heavy atom. The Balaban J connectivity index is 1.51. The van der Waals surface area contributed by atoms with E-state index >= 15 is 0 Å². The summed E-state index contributed by atoms with van der Waals surface area (Å²) in [6.07, 6.45) is 4.92. The molecule has 0 spiro atoms. The van der Waals surface area contributed by atoms with Crippen molar-refractivity contribution < 1.29 is 13.2 Å². The molecule has 1 aliphatic heterocycles. The van der Waals surface area contributed by atoms with E-state index in [9.17, 15) is 13.2 Å². The van der Waals surface area contributed by atoms with Gasteiger partial charge < -0.3 is 4.90 Å². The van der Waals surface area contributed by atoms with Crippen LogP contribution in [0.15, 0.2) is 41.8 Å². The van der Waals surface area contributed by atoms with Crippen molar-refractivity contribution in [3.05, 3.63) is 42.2 Å². The minimum Gasteiger partial charge on any atom is -0.339 e. The van der Waals surface area contributed by atoms with E-state index in [0.717, 1.165) is 16.4 Å². The minimum absolute atomic E-state index is 0.0899. The fourth-order valence-corrected chi connectivity index (χ4v) is 4.61. The molecule has 0 unspecified atom stereocenters. The molecule has 0 radical (unpaired) electrons. The molecule has 3 rings (SSSR count). The molecule has 152 valence electrons. The molecular formula is C19H26N4O3S2. The topological polar surface area (TPSA) is 75.5 Å². The summed E-state index contributed by atoms with van der Waals surface area (Å²) in [5, 5.41) is 0.800. The van der Waals surface area contributed by atoms with E-state index in [1.54, 1.807) is 6.20 Å². The van der Waals surface area contributed by atoms with Crippen LogP contribution in [0.4, 0.5) is 0 Å². The van der Waals surface area contributed by atoms with Crippen molar-refractivity contribution in [2.24, 2.45) is 0 Å². The van der Waals surface area contributed by atoms with Crippen LogP contribution in [0, 0.1) is 6.92 Å². The van der Waals surface area contributed by atoms with Crippen LogP contribution >= 0.6 is 11.8 Å². The summed E-state index contributed by atoms with van der Waals surface area (Å²) in [7, 11) is -2.95. The number of piperazine rings is 1. The molecule has 0 bridgehead atoms. The molecule has 1 fully saturated rings. The lowest BCUT2D eigenvalue weighted by atomic mass is 10.2. The highest BCUT2D eigenvalue weighted by molar-refractivity contribution is 7.99. The molecule has 1 saturated heterocycles. The number of nitrogens with zero attached hydrogens (tertiary/aromatic N) is 4. The third kappa shape index (κ3) is 5.59. The second-order valence-corrected chi connectivity index (χ2v) is 10.2. The number of hydrogen-bond acceptors (Lipinski definition) is 6. The molecule has 1 amide bonds. The molecule has 0 aliphatic carbocycles. The van der Waals surface area contributed by atoms with Gasteiger partial charge in [-0.1, -0.05) is 30.0 Å². The van der Waals surface area contributed by atoms with Crippen LogP contribution in [-0.4, -0.2) is 84.2 Å². The summed E-state index contributed by atoms with van der Waals surface area (Å²) in [6.45, 7) is 5.28. The van der Waals surface area contributed by atoms with Crippen LogP contribution in [-0.2, 0) is 14.6 Å². The zero-order valence-corrected chi connectivity index (χ0v) is 17.9. The number of rotatable bonds is 7. The number of aryl methyl sites for hydroxylation is 1. The smallest absolute Gasteiger partial charge is 0.233 e. The number of sulfone groups is 1. The highest BCUT2D eigenvalue weighted by Crippen LogP contribution is 2.23. The van der Waals surface area contributed by atoms with Crippen molar-refractivity contribution in [2.75, 3.05) is 50.5 Å². The van der Waals surface area contributed by atoms with E-state index in [0.29, 0.717) is 38.5 Å². The number of imidazole rings is 1. The van der Waals surface area contributed by atoms with Crippen LogP contribution in [0.5, 0.6) is 0 Å². The van der Waals surface area contributed by atoms with E-state index in [1.807, 2.05) is 33.9 Å². The van der Waals surface area contributed by atoms with Gasteiger partial charge in [0.2, 0.25) is 5.91 Å². The summed E-state index contributed by atoms with van der Waals surface area (Å²) < 4.78 is 24.6. The average Bonchev–Trinajstić information content (AvgIpc) is 3.13. The zero-order valence-electron chi connectivity index (χ0n) is 16.2. The van der Waals surface area contributed by atoms with Crippen LogP contribution in [0.3, 0.4) is 0 Å². The van der Waals surface area contributed by atoms with Gasteiger partial charge in [0, 0.05) is 51.4 Å². The molecule has 0 saturated carbocycles. The first kappa shape index (κ1) is 20.9. The minimum atomic E-state index is -2.95. The standard InChI is InChI=1S/C19H26N4O3S2/c1-16-5-3-4-6-17(16)23-8-7-20-19(23)27-15-18(24)22-11-9-21(10-12-22)13-14-28(2,25)26/h3-8H,9-15H2,1-2H3. The van der Waals surface area contributed by atoms with Gasteiger partial charge in [0.1, 0.15) is 9.84 Å². The molecule has 7 nitrogen and oxygen atoms in total. The number of carbonyl (C=O) groups is 1. The van der Waals surface area contributed by atoms with Crippen LogP contribution in [0.2, 0.25) is 0 Å².